The highest BCUT2D eigenvalue weighted by Crippen LogP contribution is 2.32. The molecule has 1 saturated heterocycles. The van der Waals surface area contributed by atoms with Crippen LogP contribution >= 0.6 is 0 Å². The first-order valence-electron chi connectivity index (χ1n) is 7.12. The van der Waals surface area contributed by atoms with Crippen molar-refractivity contribution in [3.63, 3.8) is 0 Å². The van der Waals surface area contributed by atoms with E-state index in [0.29, 0.717) is 12.8 Å². The first-order chi connectivity index (χ1) is 11.2. The van der Waals surface area contributed by atoms with Crippen LogP contribution in [0.15, 0.2) is 23.1 Å². The van der Waals surface area contributed by atoms with Gasteiger partial charge < -0.3 is 5.11 Å². The maximum absolute atomic E-state index is 12.9. The van der Waals surface area contributed by atoms with Gasteiger partial charge in [0, 0.05) is 18.7 Å². The van der Waals surface area contributed by atoms with Gasteiger partial charge in [0.1, 0.15) is 16.5 Å². The summed E-state index contributed by atoms with van der Waals surface area (Å²) in [4.78, 5) is 20.9. The third-order valence-corrected chi connectivity index (χ3v) is 6.10. The van der Waals surface area contributed by atoms with Crippen LogP contribution in [-0.4, -0.2) is 41.3 Å². The number of carboxylic acid groups (broad SMARTS) is 1. The molecule has 1 aromatic carbocycles. The lowest BCUT2D eigenvalue weighted by atomic mass is 9.96. The van der Waals surface area contributed by atoms with Crippen LogP contribution in [0.4, 0.5) is 5.69 Å². The highest BCUT2D eigenvalue weighted by atomic mass is 32.2. The zero-order valence-electron chi connectivity index (χ0n) is 12.7. The zero-order valence-corrected chi connectivity index (χ0v) is 13.6. The monoisotopic (exact) mass is 353 g/mol. The molecule has 1 fully saturated rings. The third kappa shape index (κ3) is 3.08. The number of aliphatic carboxylic acids is 1. The molecule has 1 heterocycles. The average Bonchev–Trinajstić information content (AvgIpc) is 2.53. The van der Waals surface area contributed by atoms with Gasteiger partial charge in [-0.1, -0.05) is 6.07 Å². The van der Waals surface area contributed by atoms with Crippen LogP contribution in [0.1, 0.15) is 25.3 Å². The van der Waals surface area contributed by atoms with E-state index in [4.69, 9.17) is 5.11 Å². The predicted molar refractivity (Wildman–Crippen MR) is 81.5 cm³/mol. The van der Waals surface area contributed by atoms with Crippen LogP contribution in [0.3, 0.4) is 0 Å². The van der Waals surface area contributed by atoms with Crippen molar-refractivity contribution < 1.29 is 23.2 Å². The average molecular weight is 353 g/mol. The van der Waals surface area contributed by atoms with Gasteiger partial charge >= 0.3 is 5.97 Å². The van der Waals surface area contributed by atoms with Gasteiger partial charge in [0.2, 0.25) is 10.0 Å². The Morgan fingerprint density at radius 1 is 1.46 bits per heavy atom. The van der Waals surface area contributed by atoms with Gasteiger partial charge in [-0.15, -0.1) is 0 Å². The minimum absolute atomic E-state index is 0.230. The quantitative estimate of drug-likeness (QED) is 0.635. The molecule has 0 aromatic heterocycles. The molecule has 1 N–H and O–H groups in total. The summed E-state index contributed by atoms with van der Waals surface area (Å²) in [6.07, 6.45) is 0.704. The third-order valence-electron chi connectivity index (χ3n) is 4.07. The second kappa shape index (κ2) is 6.54. The number of rotatable bonds is 4. The molecule has 1 aromatic rings. The summed E-state index contributed by atoms with van der Waals surface area (Å²) in [7, 11) is -4.23. The summed E-state index contributed by atoms with van der Waals surface area (Å²) in [6, 6.07) is 4.48. The van der Waals surface area contributed by atoms with Crippen LogP contribution in [0, 0.1) is 27.4 Å². The molecule has 24 heavy (non-hydrogen) atoms. The molecular weight excluding hydrogens is 338 g/mol. The molecule has 2 atom stereocenters. The highest BCUT2D eigenvalue weighted by Gasteiger charge is 2.39. The van der Waals surface area contributed by atoms with Gasteiger partial charge in [0.05, 0.1) is 10.8 Å². The lowest BCUT2D eigenvalue weighted by Gasteiger charge is -2.35. The Balaban J connectivity index is 2.55. The van der Waals surface area contributed by atoms with E-state index in [2.05, 4.69) is 0 Å². The van der Waals surface area contributed by atoms with E-state index in [1.165, 1.54) is 6.07 Å². The Morgan fingerprint density at radius 3 is 2.67 bits per heavy atom. The van der Waals surface area contributed by atoms with E-state index in [0.717, 1.165) is 16.4 Å². The second-order valence-electron chi connectivity index (χ2n) is 5.56. The first-order valence-corrected chi connectivity index (χ1v) is 8.56. The summed E-state index contributed by atoms with van der Waals surface area (Å²) in [5.41, 5.74) is -1.15. The summed E-state index contributed by atoms with van der Waals surface area (Å²) in [6.45, 7) is 1.41. The highest BCUT2D eigenvalue weighted by molar-refractivity contribution is 7.89. The van der Waals surface area contributed by atoms with Gasteiger partial charge in [-0.3, -0.25) is 14.9 Å². The van der Waals surface area contributed by atoms with Crippen LogP contribution in [0.25, 0.3) is 0 Å². The lowest BCUT2D eigenvalue weighted by molar-refractivity contribution is -0.385. The van der Waals surface area contributed by atoms with Crippen LogP contribution in [0.5, 0.6) is 0 Å². The lowest BCUT2D eigenvalue weighted by Crippen LogP contribution is -2.47. The molecule has 0 spiro atoms. The van der Waals surface area contributed by atoms with Crippen LogP contribution < -0.4 is 0 Å². The molecule has 0 amide bonds. The van der Waals surface area contributed by atoms with E-state index in [-0.39, 0.29) is 6.54 Å². The number of carbonyl (C=O) groups is 1. The largest absolute Gasteiger partial charge is 0.481 e. The number of benzene rings is 1. The number of hydrogen-bond acceptors (Lipinski definition) is 6. The fourth-order valence-corrected chi connectivity index (χ4v) is 4.60. The summed E-state index contributed by atoms with van der Waals surface area (Å²) >= 11 is 0. The first kappa shape index (κ1) is 17.8. The topological polar surface area (TPSA) is 142 Å². The Kier molecular flexibility index (Phi) is 4.86. The van der Waals surface area contributed by atoms with Crippen molar-refractivity contribution in [3.8, 4) is 6.07 Å². The zero-order chi connectivity index (χ0) is 18.1. The number of nitro benzene ring substituents is 1. The fourth-order valence-electron chi connectivity index (χ4n) is 2.74. The molecule has 2 unspecified atom stereocenters. The molecule has 128 valence electrons. The Labute approximate surface area is 138 Å². The molecule has 0 saturated carbocycles. The molecule has 0 aliphatic carbocycles. The number of sulfonamides is 1. The van der Waals surface area contributed by atoms with Crippen molar-refractivity contribution in [3.05, 3.63) is 33.9 Å². The minimum atomic E-state index is -4.23. The second-order valence-corrected chi connectivity index (χ2v) is 7.41. The number of carboxylic acids is 1. The molecular formula is C14H15N3O6S. The summed E-state index contributed by atoms with van der Waals surface area (Å²) < 4.78 is 26.8. The Hall–Kier alpha value is -2.51. The number of nitrogens with zero attached hydrogens (tertiary/aromatic N) is 3. The van der Waals surface area contributed by atoms with Crippen molar-refractivity contribution in [1.82, 2.24) is 4.31 Å². The maximum atomic E-state index is 12.9. The Morgan fingerprint density at radius 2 is 2.12 bits per heavy atom. The van der Waals surface area contributed by atoms with Gasteiger partial charge in [0.15, 0.2) is 0 Å². The molecule has 0 radical (unpaired) electrons. The molecule has 1 aliphatic rings. The van der Waals surface area contributed by atoms with E-state index >= 15 is 0 Å². The van der Waals surface area contributed by atoms with Gasteiger partial charge in [-0.25, -0.2) is 8.42 Å². The van der Waals surface area contributed by atoms with Crippen LogP contribution in [-0.2, 0) is 14.8 Å². The predicted octanol–water partition coefficient (Wildman–Crippen LogP) is 1.34. The molecule has 9 nitrogen and oxygen atoms in total. The normalized spacial score (nSPS) is 21.8. The molecule has 10 heteroatoms. The van der Waals surface area contributed by atoms with Crippen molar-refractivity contribution in [2.75, 3.05) is 6.54 Å². The van der Waals surface area contributed by atoms with Gasteiger partial charge in [-0.05, 0) is 25.8 Å². The standard InChI is InChI=1S/C14H15N3O6S/c1-9-5-6-10(14(18)19)8-16(9)24(22,23)13-4-2-3-12(17(20)21)11(13)7-15/h2-4,9-10H,5-6,8H2,1H3,(H,18,19). The van der Waals surface area contributed by atoms with Crippen LogP contribution in [0.2, 0.25) is 0 Å². The van der Waals surface area contributed by atoms with Crippen molar-refractivity contribution in [2.45, 2.75) is 30.7 Å². The van der Waals surface area contributed by atoms with E-state index in [1.54, 1.807) is 13.0 Å². The fraction of sp³-hybridized carbons (Fsp3) is 0.429. The number of nitro groups is 1. The number of nitriles is 1. The van der Waals surface area contributed by atoms with Crippen molar-refractivity contribution in [2.24, 2.45) is 5.92 Å². The number of piperidine rings is 1. The molecule has 2 rings (SSSR count). The smallest absolute Gasteiger partial charge is 0.307 e. The molecule has 0 bridgehead atoms. The van der Waals surface area contributed by atoms with Crippen molar-refractivity contribution in [1.29, 1.82) is 5.26 Å². The van der Waals surface area contributed by atoms with E-state index < -0.39 is 49.0 Å². The van der Waals surface area contributed by atoms with Gasteiger partial charge in [-0.2, -0.15) is 9.57 Å². The maximum Gasteiger partial charge on any atom is 0.307 e. The van der Waals surface area contributed by atoms with E-state index in [1.807, 2.05) is 0 Å². The number of hydrogen-bond donors (Lipinski definition) is 1. The minimum Gasteiger partial charge on any atom is -0.481 e. The summed E-state index contributed by atoms with van der Waals surface area (Å²) in [5.74, 6) is -1.94. The Bertz CT molecular complexity index is 829. The van der Waals surface area contributed by atoms with Gasteiger partial charge in [0.25, 0.3) is 5.69 Å². The SMILES string of the molecule is CC1CCC(C(=O)O)CN1S(=O)(=O)c1cccc([N+](=O)[O-])c1C#N. The molecule has 1 aliphatic heterocycles. The van der Waals surface area contributed by atoms with Crippen molar-refractivity contribution >= 4 is 21.7 Å². The summed E-state index contributed by atoms with van der Waals surface area (Å²) in [5, 5.41) is 29.3. The van der Waals surface area contributed by atoms with E-state index in [9.17, 15) is 28.6 Å².